The summed E-state index contributed by atoms with van der Waals surface area (Å²) in [5.41, 5.74) is 9.36. The highest BCUT2D eigenvalue weighted by Gasteiger charge is 2.14. The van der Waals surface area contributed by atoms with Gasteiger partial charge < -0.3 is 10.5 Å². The molecule has 0 bridgehead atoms. The van der Waals surface area contributed by atoms with Gasteiger partial charge in [-0.2, -0.15) is 0 Å². The maximum absolute atomic E-state index is 11.3. The van der Waals surface area contributed by atoms with Gasteiger partial charge in [-0.1, -0.05) is 18.2 Å². The smallest absolute Gasteiger partial charge is 0.307 e. The number of hydrogen-bond donors (Lipinski definition) is 1. The van der Waals surface area contributed by atoms with Gasteiger partial charge >= 0.3 is 5.97 Å². The van der Waals surface area contributed by atoms with E-state index in [1.165, 1.54) is 5.56 Å². The number of carbonyl (C=O) groups is 1. The van der Waals surface area contributed by atoms with E-state index in [-0.39, 0.29) is 18.4 Å². The molecule has 1 aromatic rings. The average Bonchev–Trinajstić information content (AvgIpc) is 2.22. The highest BCUT2D eigenvalue weighted by atomic mass is 16.5. The molecule has 0 unspecified atom stereocenters. The molecule has 3 heteroatoms. The topological polar surface area (TPSA) is 52.3 Å². The Morgan fingerprint density at radius 3 is 2.75 bits per heavy atom. The molecule has 0 aromatic heterocycles. The van der Waals surface area contributed by atoms with E-state index in [0.29, 0.717) is 6.61 Å². The number of ether oxygens (including phenoxy) is 1. The molecule has 0 amide bonds. The summed E-state index contributed by atoms with van der Waals surface area (Å²) >= 11 is 0. The molecule has 1 aromatic carbocycles. The van der Waals surface area contributed by atoms with Crippen molar-refractivity contribution in [2.24, 2.45) is 5.73 Å². The number of aryl methyl sites for hydroxylation is 1. The van der Waals surface area contributed by atoms with Crippen LogP contribution in [-0.4, -0.2) is 12.6 Å². The molecule has 2 N–H and O–H groups in total. The van der Waals surface area contributed by atoms with Crippen LogP contribution in [-0.2, 0) is 9.53 Å². The van der Waals surface area contributed by atoms with Crippen LogP contribution < -0.4 is 5.73 Å². The van der Waals surface area contributed by atoms with Crippen molar-refractivity contribution >= 4 is 5.97 Å². The number of carbonyl (C=O) groups excluding carboxylic acids is 1. The Balaban J connectivity index is 2.76. The standard InChI is InChI=1S/C13H19NO2/c1-4-16-13(15)8-12(14)11-7-5-6-9(2)10(11)3/h5-7,12H,4,8,14H2,1-3H3/t12-/m1/s1. The van der Waals surface area contributed by atoms with Crippen molar-refractivity contribution in [2.75, 3.05) is 6.61 Å². The Bertz CT molecular complexity index is 374. The lowest BCUT2D eigenvalue weighted by Crippen LogP contribution is -2.18. The number of nitrogens with two attached hydrogens (primary N) is 1. The van der Waals surface area contributed by atoms with Gasteiger partial charge in [-0.15, -0.1) is 0 Å². The molecule has 1 atom stereocenters. The molecule has 3 nitrogen and oxygen atoms in total. The zero-order valence-electron chi connectivity index (χ0n) is 10.1. The van der Waals surface area contributed by atoms with Crippen molar-refractivity contribution in [3.05, 3.63) is 34.9 Å². The lowest BCUT2D eigenvalue weighted by Gasteiger charge is -2.15. The Kier molecular flexibility index (Phi) is 4.50. The molecular formula is C13H19NO2. The first-order chi connectivity index (χ1) is 7.56. The summed E-state index contributed by atoms with van der Waals surface area (Å²) < 4.78 is 4.89. The molecule has 0 aliphatic rings. The number of benzene rings is 1. The zero-order chi connectivity index (χ0) is 12.1. The van der Waals surface area contributed by atoms with E-state index in [9.17, 15) is 4.79 Å². The molecule has 0 heterocycles. The van der Waals surface area contributed by atoms with E-state index in [1.807, 2.05) is 32.0 Å². The van der Waals surface area contributed by atoms with E-state index in [2.05, 4.69) is 0 Å². The van der Waals surface area contributed by atoms with Gasteiger partial charge in [-0.25, -0.2) is 0 Å². The number of rotatable bonds is 4. The third-order valence-electron chi connectivity index (χ3n) is 2.74. The van der Waals surface area contributed by atoms with Crippen LogP contribution in [0.15, 0.2) is 18.2 Å². The van der Waals surface area contributed by atoms with Crippen LogP contribution in [0, 0.1) is 13.8 Å². The maximum atomic E-state index is 11.3. The van der Waals surface area contributed by atoms with Crippen molar-refractivity contribution in [3.63, 3.8) is 0 Å². The first-order valence-corrected chi connectivity index (χ1v) is 5.53. The predicted octanol–water partition coefficient (Wildman–Crippen LogP) is 2.26. The van der Waals surface area contributed by atoms with Crippen LogP contribution in [0.3, 0.4) is 0 Å². The first kappa shape index (κ1) is 12.7. The number of hydrogen-bond acceptors (Lipinski definition) is 3. The largest absolute Gasteiger partial charge is 0.466 e. The second kappa shape index (κ2) is 5.66. The lowest BCUT2D eigenvalue weighted by atomic mass is 9.96. The minimum absolute atomic E-state index is 0.234. The normalized spacial score (nSPS) is 12.2. The SMILES string of the molecule is CCOC(=O)C[C@@H](N)c1cccc(C)c1C. The van der Waals surface area contributed by atoms with Gasteiger partial charge in [-0.05, 0) is 37.5 Å². The maximum Gasteiger partial charge on any atom is 0.307 e. The molecular weight excluding hydrogens is 202 g/mol. The van der Waals surface area contributed by atoms with Gasteiger partial charge in [0.2, 0.25) is 0 Å². The van der Waals surface area contributed by atoms with Crippen molar-refractivity contribution in [3.8, 4) is 0 Å². The third-order valence-corrected chi connectivity index (χ3v) is 2.74. The minimum Gasteiger partial charge on any atom is -0.466 e. The van der Waals surface area contributed by atoms with Crippen molar-refractivity contribution in [1.29, 1.82) is 0 Å². The Morgan fingerprint density at radius 2 is 2.12 bits per heavy atom. The van der Waals surface area contributed by atoms with E-state index in [0.717, 1.165) is 11.1 Å². The fourth-order valence-electron chi connectivity index (χ4n) is 1.68. The molecule has 0 radical (unpaired) electrons. The summed E-state index contributed by atoms with van der Waals surface area (Å²) in [5, 5.41) is 0. The summed E-state index contributed by atoms with van der Waals surface area (Å²) in [7, 11) is 0. The molecule has 0 spiro atoms. The molecule has 88 valence electrons. The second-order valence-electron chi connectivity index (χ2n) is 3.90. The van der Waals surface area contributed by atoms with E-state index >= 15 is 0 Å². The highest BCUT2D eigenvalue weighted by molar-refractivity contribution is 5.70. The average molecular weight is 221 g/mol. The van der Waals surface area contributed by atoms with Crippen molar-refractivity contribution in [1.82, 2.24) is 0 Å². The lowest BCUT2D eigenvalue weighted by molar-refractivity contribution is -0.143. The minimum atomic E-state index is -0.279. The summed E-state index contributed by atoms with van der Waals surface area (Å²) in [5.74, 6) is -0.240. The number of esters is 1. The summed E-state index contributed by atoms with van der Waals surface area (Å²) in [6, 6.07) is 5.68. The van der Waals surface area contributed by atoms with Crippen LogP contribution in [0.5, 0.6) is 0 Å². The fraction of sp³-hybridized carbons (Fsp3) is 0.462. The van der Waals surface area contributed by atoms with Crippen LogP contribution in [0.2, 0.25) is 0 Å². The predicted molar refractivity (Wildman–Crippen MR) is 64.1 cm³/mol. The van der Waals surface area contributed by atoms with E-state index in [1.54, 1.807) is 6.92 Å². The molecule has 16 heavy (non-hydrogen) atoms. The monoisotopic (exact) mass is 221 g/mol. The molecule has 1 rings (SSSR count). The molecule has 0 aliphatic heterocycles. The van der Waals surface area contributed by atoms with Gasteiger partial charge in [0.25, 0.3) is 0 Å². The van der Waals surface area contributed by atoms with Crippen LogP contribution in [0.4, 0.5) is 0 Å². The van der Waals surface area contributed by atoms with Gasteiger partial charge in [0, 0.05) is 6.04 Å². The second-order valence-corrected chi connectivity index (χ2v) is 3.90. The molecule has 0 saturated carbocycles. The molecule has 0 fully saturated rings. The van der Waals surface area contributed by atoms with Crippen LogP contribution in [0.25, 0.3) is 0 Å². The first-order valence-electron chi connectivity index (χ1n) is 5.53. The fourth-order valence-corrected chi connectivity index (χ4v) is 1.68. The Hall–Kier alpha value is -1.35. The van der Waals surface area contributed by atoms with Gasteiger partial charge in [0.05, 0.1) is 13.0 Å². The van der Waals surface area contributed by atoms with Gasteiger partial charge in [0.1, 0.15) is 0 Å². The highest BCUT2D eigenvalue weighted by Crippen LogP contribution is 2.21. The van der Waals surface area contributed by atoms with Crippen LogP contribution in [0.1, 0.15) is 36.1 Å². The zero-order valence-corrected chi connectivity index (χ0v) is 10.1. The Labute approximate surface area is 96.6 Å². The van der Waals surface area contributed by atoms with E-state index in [4.69, 9.17) is 10.5 Å². The van der Waals surface area contributed by atoms with Crippen molar-refractivity contribution < 1.29 is 9.53 Å². The molecule has 0 aliphatic carbocycles. The Morgan fingerprint density at radius 1 is 1.44 bits per heavy atom. The quantitative estimate of drug-likeness (QED) is 0.793. The van der Waals surface area contributed by atoms with Crippen molar-refractivity contribution in [2.45, 2.75) is 33.2 Å². The summed E-state index contributed by atoms with van der Waals surface area (Å²) in [4.78, 5) is 11.3. The summed E-state index contributed by atoms with van der Waals surface area (Å²) in [6.45, 7) is 6.26. The van der Waals surface area contributed by atoms with Crippen LogP contribution >= 0.6 is 0 Å². The summed E-state index contributed by atoms with van der Waals surface area (Å²) in [6.07, 6.45) is 0.234. The van der Waals surface area contributed by atoms with E-state index < -0.39 is 0 Å². The molecule has 0 saturated heterocycles. The third kappa shape index (κ3) is 3.07. The van der Waals surface area contributed by atoms with Gasteiger partial charge in [0.15, 0.2) is 0 Å². The van der Waals surface area contributed by atoms with Gasteiger partial charge in [-0.3, -0.25) is 4.79 Å².